The van der Waals surface area contributed by atoms with Crippen LogP contribution in [0.2, 0.25) is 0 Å². The third-order valence-corrected chi connectivity index (χ3v) is 4.93. The van der Waals surface area contributed by atoms with Gasteiger partial charge < -0.3 is 15.5 Å². The minimum atomic E-state index is 0.392. The zero-order valence-electron chi connectivity index (χ0n) is 12.5. The molecule has 0 aromatic carbocycles. The zero-order valence-corrected chi connectivity index (χ0v) is 13.3. The first-order chi connectivity index (χ1) is 10.3. The van der Waals surface area contributed by atoms with Gasteiger partial charge in [0.15, 0.2) is 0 Å². The smallest absolute Gasteiger partial charge is 0.124 e. The van der Waals surface area contributed by atoms with Crippen LogP contribution in [0.3, 0.4) is 0 Å². The summed E-state index contributed by atoms with van der Waals surface area (Å²) in [7, 11) is 0. The van der Waals surface area contributed by atoms with Crippen LogP contribution in [0, 0.1) is 0 Å². The Balaban J connectivity index is 1.64. The predicted octanol–water partition coefficient (Wildman–Crippen LogP) is 2.17. The molecule has 0 bridgehead atoms. The lowest BCUT2D eigenvalue weighted by Crippen LogP contribution is -2.47. The molecule has 114 valence electrons. The topological polar surface area (TPSA) is 45.4 Å². The van der Waals surface area contributed by atoms with Crippen molar-refractivity contribution < 1.29 is 0 Å². The summed E-state index contributed by atoms with van der Waals surface area (Å²) < 4.78 is 0. The van der Waals surface area contributed by atoms with Crippen molar-refractivity contribution in [1.82, 2.24) is 9.88 Å². The van der Waals surface area contributed by atoms with Crippen molar-refractivity contribution in [1.29, 1.82) is 0 Å². The van der Waals surface area contributed by atoms with Gasteiger partial charge in [0.1, 0.15) is 10.7 Å². The van der Waals surface area contributed by atoms with Crippen LogP contribution < -0.4 is 10.6 Å². The minimum absolute atomic E-state index is 0.392. The van der Waals surface area contributed by atoms with Gasteiger partial charge in [-0.1, -0.05) is 18.6 Å². The van der Waals surface area contributed by atoms with E-state index in [1.807, 2.05) is 6.07 Å². The van der Waals surface area contributed by atoms with Gasteiger partial charge in [-0.25, -0.2) is 0 Å². The summed E-state index contributed by atoms with van der Waals surface area (Å²) >= 11 is 5.12. The van der Waals surface area contributed by atoms with E-state index in [4.69, 9.17) is 18.0 Å². The molecule has 21 heavy (non-hydrogen) atoms. The quantitative estimate of drug-likeness (QED) is 0.867. The van der Waals surface area contributed by atoms with Gasteiger partial charge >= 0.3 is 0 Å². The molecule has 0 radical (unpaired) electrons. The van der Waals surface area contributed by atoms with Gasteiger partial charge in [-0.2, -0.15) is 0 Å². The molecule has 0 saturated carbocycles. The highest BCUT2D eigenvalue weighted by Gasteiger charge is 2.26. The van der Waals surface area contributed by atoms with Crippen LogP contribution in [0.1, 0.15) is 37.8 Å². The fourth-order valence-electron chi connectivity index (χ4n) is 3.60. The van der Waals surface area contributed by atoms with E-state index in [9.17, 15) is 0 Å². The number of thiocarbonyl (C=S) groups is 1. The first-order valence-corrected chi connectivity index (χ1v) is 8.40. The SMILES string of the molecule is NC(=S)c1ncccc1N1CCC(N2CCCCC2)CC1. The van der Waals surface area contributed by atoms with Crippen molar-refractivity contribution >= 4 is 22.9 Å². The van der Waals surface area contributed by atoms with Gasteiger partial charge in [0.2, 0.25) is 0 Å². The summed E-state index contributed by atoms with van der Waals surface area (Å²) in [4.78, 5) is 9.82. The van der Waals surface area contributed by atoms with Gasteiger partial charge in [-0.15, -0.1) is 0 Å². The maximum absolute atomic E-state index is 5.80. The molecule has 2 N–H and O–H groups in total. The number of pyridine rings is 1. The Hall–Kier alpha value is -1.20. The molecule has 2 aliphatic heterocycles. The van der Waals surface area contributed by atoms with Crippen LogP contribution in [0.25, 0.3) is 0 Å². The van der Waals surface area contributed by atoms with E-state index in [-0.39, 0.29) is 0 Å². The summed E-state index contributed by atoms with van der Waals surface area (Å²) in [6.07, 6.45) is 8.36. The molecular formula is C16H24N4S. The van der Waals surface area contributed by atoms with Crippen LogP contribution in [-0.2, 0) is 0 Å². The highest BCUT2D eigenvalue weighted by Crippen LogP contribution is 2.26. The zero-order chi connectivity index (χ0) is 14.7. The van der Waals surface area contributed by atoms with Gasteiger partial charge in [-0.05, 0) is 50.9 Å². The molecule has 0 amide bonds. The van der Waals surface area contributed by atoms with Crippen molar-refractivity contribution in [3.63, 3.8) is 0 Å². The summed E-state index contributed by atoms with van der Waals surface area (Å²) in [6.45, 7) is 4.72. The highest BCUT2D eigenvalue weighted by molar-refractivity contribution is 7.80. The fraction of sp³-hybridized carbons (Fsp3) is 0.625. The monoisotopic (exact) mass is 304 g/mol. The van der Waals surface area contributed by atoms with Crippen molar-refractivity contribution in [2.24, 2.45) is 5.73 Å². The fourth-order valence-corrected chi connectivity index (χ4v) is 3.75. The van der Waals surface area contributed by atoms with E-state index in [1.54, 1.807) is 6.20 Å². The Labute approximate surface area is 132 Å². The van der Waals surface area contributed by atoms with Crippen LogP contribution >= 0.6 is 12.2 Å². The molecule has 4 nitrogen and oxygen atoms in total. The first-order valence-electron chi connectivity index (χ1n) is 7.99. The molecule has 2 saturated heterocycles. The number of piperidine rings is 2. The second-order valence-electron chi connectivity index (χ2n) is 6.05. The number of rotatable bonds is 3. The number of hydrogen-bond acceptors (Lipinski definition) is 4. The Morgan fingerprint density at radius 2 is 1.86 bits per heavy atom. The second-order valence-corrected chi connectivity index (χ2v) is 6.49. The molecule has 2 fully saturated rings. The van der Waals surface area contributed by atoms with Crippen LogP contribution in [-0.4, -0.2) is 47.1 Å². The molecule has 5 heteroatoms. The third-order valence-electron chi connectivity index (χ3n) is 4.73. The molecule has 0 atom stereocenters. The average molecular weight is 304 g/mol. The van der Waals surface area contributed by atoms with Gasteiger partial charge in [0, 0.05) is 25.3 Å². The van der Waals surface area contributed by atoms with Gasteiger partial charge in [0.25, 0.3) is 0 Å². The lowest BCUT2D eigenvalue weighted by molar-refractivity contribution is 0.141. The van der Waals surface area contributed by atoms with Crippen LogP contribution in [0.4, 0.5) is 5.69 Å². The highest BCUT2D eigenvalue weighted by atomic mass is 32.1. The largest absolute Gasteiger partial charge is 0.388 e. The Bertz CT molecular complexity index is 491. The molecule has 0 spiro atoms. The first kappa shape index (κ1) is 14.7. The van der Waals surface area contributed by atoms with Gasteiger partial charge in [0.05, 0.1) is 5.69 Å². The maximum Gasteiger partial charge on any atom is 0.124 e. The number of nitrogens with two attached hydrogens (primary N) is 1. The molecule has 3 heterocycles. The van der Waals surface area contributed by atoms with Gasteiger partial charge in [-0.3, -0.25) is 4.98 Å². The molecule has 0 unspecified atom stereocenters. The lowest BCUT2D eigenvalue weighted by Gasteiger charge is -2.41. The summed E-state index contributed by atoms with van der Waals surface area (Å²) in [5.74, 6) is 0. The minimum Gasteiger partial charge on any atom is -0.388 e. The Morgan fingerprint density at radius 3 is 2.52 bits per heavy atom. The maximum atomic E-state index is 5.80. The number of hydrogen-bond donors (Lipinski definition) is 1. The van der Waals surface area contributed by atoms with Crippen molar-refractivity contribution in [2.75, 3.05) is 31.1 Å². The van der Waals surface area contributed by atoms with Crippen LogP contribution in [0.15, 0.2) is 18.3 Å². The number of anilines is 1. The molecule has 1 aromatic heterocycles. The summed E-state index contributed by atoms with van der Waals surface area (Å²) in [5, 5.41) is 0. The molecule has 0 aliphatic carbocycles. The number of likely N-dealkylation sites (tertiary alicyclic amines) is 1. The van der Waals surface area contributed by atoms with E-state index in [2.05, 4.69) is 20.9 Å². The normalized spacial score (nSPS) is 21.4. The summed E-state index contributed by atoms with van der Waals surface area (Å²) in [5.41, 5.74) is 7.67. The van der Waals surface area contributed by atoms with Crippen LogP contribution in [0.5, 0.6) is 0 Å². The number of aromatic nitrogens is 1. The van der Waals surface area contributed by atoms with E-state index in [0.29, 0.717) is 4.99 Å². The van der Waals surface area contributed by atoms with E-state index < -0.39 is 0 Å². The summed E-state index contributed by atoms with van der Waals surface area (Å²) in [6, 6.07) is 4.81. The van der Waals surface area contributed by atoms with Crippen molar-refractivity contribution in [2.45, 2.75) is 38.1 Å². The molecule has 3 rings (SSSR count). The third kappa shape index (κ3) is 3.35. The standard InChI is InChI=1S/C16H24N4S/c17-16(21)15-14(5-4-8-18-15)20-11-6-13(7-12-20)19-9-2-1-3-10-19/h4-5,8,13H,1-3,6-7,9-12H2,(H2,17,21). The molecular weight excluding hydrogens is 280 g/mol. The molecule has 1 aromatic rings. The number of nitrogens with zero attached hydrogens (tertiary/aromatic N) is 3. The lowest BCUT2D eigenvalue weighted by atomic mass is 9.99. The predicted molar refractivity (Wildman–Crippen MR) is 90.8 cm³/mol. The van der Waals surface area contributed by atoms with Crippen molar-refractivity contribution in [3.8, 4) is 0 Å². The Morgan fingerprint density at radius 1 is 1.14 bits per heavy atom. The second kappa shape index (κ2) is 6.71. The Kier molecular flexibility index (Phi) is 4.70. The van der Waals surface area contributed by atoms with E-state index in [1.165, 1.54) is 45.2 Å². The van der Waals surface area contributed by atoms with E-state index >= 15 is 0 Å². The van der Waals surface area contributed by atoms with Crippen molar-refractivity contribution in [3.05, 3.63) is 24.0 Å². The van der Waals surface area contributed by atoms with E-state index in [0.717, 1.165) is 30.5 Å². The average Bonchev–Trinajstić information content (AvgIpc) is 2.56. The molecule has 2 aliphatic rings.